The maximum absolute atomic E-state index is 11.9. The molecule has 3 atom stereocenters. The molecule has 1 heterocycles. The molecule has 1 rings (SSSR count). The summed E-state index contributed by atoms with van der Waals surface area (Å²) in [5.41, 5.74) is 0. The molecule has 0 bridgehead atoms. The molecule has 1 saturated heterocycles. The lowest BCUT2D eigenvalue weighted by Gasteiger charge is -2.22. The molecule has 0 aromatic carbocycles. The fraction of sp³-hybridized carbons (Fsp3) is 0.750. The summed E-state index contributed by atoms with van der Waals surface area (Å²) in [5, 5.41) is 11.3. The number of nitrogens with one attached hydrogen (secondary N) is 1. The Balaban J connectivity index is 2.62. The highest BCUT2D eigenvalue weighted by atomic mass is 16.5. The Labute approximate surface area is 106 Å². The van der Waals surface area contributed by atoms with E-state index in [2.05, 4.69) is 10.1 Å². The van der Waals surface area contributed by atoms with E-state index < -0.39 is 18.1 Å². The molecule has 0 radical (unpaired) electrons. The minimum atomic E-state index is -0.800. The van der Waals surface area contributed by atoms with Crippen molar-refractivity contribution >= 4 is 11.9 Å². The van der Waals surface area contributed by atoms with Crippen molar-refractivity contribution in [1.82, 2.24) is 5.32 Å². The van der Waals surface area contributed by atoms with Crippen LogP contribution >= 0.6 is 0 Å². The predicted octanol–water partition coefficient (Wildman–Crippen LogP) is 0.373. The van der Waals surface area contributed by atoms with Gasteiger partial charge in [0.25, 0.3) is 0 Å². The van der Waals surface area contributed by atoms with Gasteiger partial charge in [-0.05, 0) is 12.8 Å². The van der Waals surface area contributed by atoms with Crippen molar-refractivity contribution in [3.8, 4) is 6.07 Å². The zero-order valence-electron chi connectivity index (χ0n) is 10.6. The second-order valence-corrected chi connectivity index (χ2v) is 4.35. The summed E-state index contributed by atoms with van der Waals surface area (Å²) in [6.07, 6.45) is 1.18. The number of carbonyl (C=O) groups excluding carboxylic acids is 2. The standard InChI is InChI=1S/C12H18N2O4/c1-8(5-6-13)10(12(16)17-2)14-11(15)9-4-3-7-18-9/h8-10H,3-5,7H2,1-2H3,(H,14,15)/t8-,9+,10-/m1/s1. The maximum atomic E-state index is 11.9. The van der Waals surface area contributed by atoms with E-state index in [1.165, 1.54) is 7.11 Å². The lowest BCUT2D eigenvalue weighted by molar-refractivity contribution is -0.147. The van der Waals surface area contributed by atoms with Gasteiger partial charge in [-0.1, -0.05) is 6.92 Å². The van der Waals surface area contributed by atoms with Crippen molar-refractivity contribution in [2.45, 2.75) is 38.3 Å². The summed E-state index contributed by atoms with van der Waals surface area (Å²) in [6.45, 7) is 2.29. The molecule has 0 spiro atoms. The molecule has 1 fully saturated rings. The van der Waals surface area contributed by atoms with Gasteiger partial charge in [-0.2, -0.15) is 5.26 Å². The van der Waals surface area contributed by atoms with E-state index in [9.17, 15) is 9.59 Å². The fourth-order valence-corrected chi connectivity index (χ4v) is 1.85. The van der Waals surface area contributed by atoms with Crippen LogP contribution in [-0.2, 0) is 19.1 Å². The SMILES string of the molecule is COC(=O)[C@H](NC(=O)[C@@H]1CCCO1)[C@H](C)CC#N. The number of amides is 1. The number of methoxy groups -OCH3 is 1. The van der Waals surface area contributed by atoms with Crippen LogP contribution in [-0.4, -0.2) is 37.7 Å². The van der Waals surface area contributed by atoms with Crippen LogP contribution in [0, 0.1) is 17.2 Å². The molecule has 1 aliphatic rings. The van der Waals surface area contributed by atoms with Crippen molar-refractivity contribution in [3.63, 3.8) is 0 Å². The van der Waals surface area contributed by atoms with Crippen LogP contribution < -0.4 is 5.32 Å². The molecule has 1 amide bonds. The molecular formula is C12H18N2O4. The van der Waals surface area contributed by atoms with E-state index in [1.54, 1.807) is 6.92 Å². The van der Waals surface area contributed by atoms with Gasteiger partial charge in [0, 0.05) is 18.9 Å². The lowest BCUT2D eigenvalue weighted by Crippen LogP contribution is -2.49. The van der Waals surface area contributed by atoms with Gasteiger partial charge >= 0.3 is 5.97 Å². The van der Waals surface area contributed by atoms with Crippen molar-refractivity contribution in [1.29, 1.82) is 5.26 Å². The van der Waals surface area contributed by atoms with Gasteiger partial charge in [0.05, 0.1) is 13.2 Å². The molecule has 1 N–H and O–H groups in total. The van der Waals surface area contributed by atoms with Crippen LogP contribution in [0.5, 0.6) is 0 Å². The van der Waals surface area contributed by atoms with E-state index >= 15 is 0 Å². The Morgan fingerprint density at radius 3 is 2.83 bits per heavy atom. The molecule has 1 aliphatic heterocycles. The van der Waals surface area contributed by atoms with Crippen LogP contribution in [0.15, 0.2) is 0 Å². The summed E-state index contributed by atoms with van der Waals surface area (Å²) in [5.74, 6) is -1.15. The number of hydrogen-bond donors (Lipinski definition) is 1. The Morgan fingerprint density at radius 2 is 2.33 bits per heavy atom. The van der Waals surface area contributed by atoms with Crippen LogP contribution in [0.3, 0.4) is 0 Å². The summed E-state index contributed by atoms with van der Waals surface area (Å²) in [7, 11) is 1.26. The Morgan fingerprint density at radius 1 is 1.61 bits per heavy atom. The number of ether oxygens (including phenoxy) is 2. The molecule has 6 nitrogen and oxygen atoms in total. The number of esters is 1. The molecule has 0 aromatic rings. The largest absolute Gasteiger partial charge is 0.467 e. The smallest absolute Gasteiger partial charge is 0.328 e. The van der Waals surface area contributed by atoms with Crippen LogP contribution in [0.4, 0.5) is 0 Å². The highest BCUT2D eigenvalue weighted by Crippen LogP contribution is 2.14. The number of rotatable bonds is 5. The summed E-state index contributed by atoms with van der Waals surface area (Å²) in [6, 6.07) is 1.18. The zero-order valence-corrected chi connectivity index (χ0v) is 10.6. The van der Waals surface area contributed by atoms with Gasteiger partial charge in [-0.3, -0.25) is 4.79 Å². The molecule has 0 aliphatic carbocycles. The van der Waals surface area contributed by atoms with Gasteiger partial charge in [0.1, 0.15) is 12.1 Å². The molecule has 100 valence electrons. The highest BCUT2D eigenvalue weighted by molar-refractivity contribution is 5.87. The maximum Gasteiger partial charge on any atom is 0.328 e. The second-order valence-electron chi connectivity index (χ2n) is 4.35. The van der Waals surface area contributed by atoms with E-state index in [0.29, 0.717) is 13.0 Å². The number of nitrogens with zero attached hydrogens (tertiary/aromatic N) is 1. The first-order valence-corrected chi connectivity index (χ1v) is 5.97. The van der Waals surface area contributed by atoms with Crippen molar-refractivity contribution in [3.05, 3.63) is 0 Å². The van der Waals surface area contributed by atoms with Gasteiger partial charge in [-0.15, -0.1) is 0 Å². The molecule has 0 unspecified atom stereocenters. The molecule has 6 heteroatoms. The van der Waals surface area contributed by atoms with Gasteiger partial charge in [0.2, 0.25) is 5.91 Å². The van der Waals surface area contributed by atoms with Gasteiger partial charge in [-0.25, -0.2) is 4.79 Å². The Hall–Kier alpha value is -1.61. The van der Waals surface area contributed by atoms with Crippen molar-refractivity contribution < 1.29 is 19.1 Å². The van der Waals surface area contributed by atoms with E-state index in [0.717, 1.165) is 6.42 Å². The minimum Gasteiger partial charge on any atom is -0.467 e. The first-order chi connectivity index (χ1) is 8.60. The summed E-state index contributed by atoms with van der Waals surface area (Å²) < 4.78 is 9.88. The van der Waals surface area contributed by atoms with Crippen LogP contribution in [0.2, 0.25) is 0 Å². The average molecular weight is 254 g/mol. The third-order valence-electron chi connectivity index (χ3n) is 2.96. The summed E-state index contributed by atoms with van der Waals surface area (Å²) >= 11 is 0. The number of carbonyl (C=O) groups is 2. The first kappa shape index (κ1) is 14.5. The monoisotopic (exact) mass is 254 g/mol. The Kier molecular flexibility index (Phi) is 5.59. The second kappa shape index (κ2) is 6.97. The normalized spacial score (nSPS) is 21.7. The zero-order chi connectivity index (χ0) is 13.5. The molecule has 0 saturated carbocycles. The third-order valence-corrected chi connectivity index (χ3v) is 2.96. The van der Waals surface area contributed by atoms with Crippen molar-refractivity contribution in [2.75, 3.05) is 13.7 Å². The van der Waals surface area contributed by atoms with E-state index in [-0.39, 0.29) is 18.2 Å². The van der Waals surface area contributed by atoms with Gasteiger partial charge in [0.15, 0.2) is 0 Å². The number of nitriles is 1. The fourth-order valence-electron chi connectivity index (χ4n) is 1.85. The van der Waals surface area contributed by atoms with E-state index in [4.69, 9.17) is 10.00 Å². The lowest BCUT2D eigenvalue weighted by atomic mass is 9.98. The first-order valence-electron chi connectivity index (χ1n) is 5.97. The van der Waals surface area contributed by atoms with Gasteiger partial charge < -0.3 is 14.8 Å². The molecular weight excluding hydrogens is 236 g/mol. The Bertz CT molecular complexity index is 344. The van der Waals surface area contributed by atoms with Crippen LogP contribution in [0.25, 0.3) is 0 Å². The third kappa shape index (κ3) is 3.70. The predicted molar refractivity (Wildman–Crippen MR) is 62.3 cm³/mol. The number of hydrogen-bond acceptors (Lipinski definition) is 5. The minimum absolute atomic E-state index is 0.172. The van der Waals surface area contributed by atoms with Crippen molar-refractivity contribution in [2.24, 2.45) is 5.92 Å². The summed E-state index contributed by atoms with van der Waals surface area (Å²) in [4.78, 5) is 23.4. The average Bonchev–Trinajstić information content (AvgIpc) is 2.88. The highest BCUT2D eigenvalue weighted by Gasteiger charge is 2.31. The van der Waals surface area contributed by atoms with E-state index in [1.807, 2.05) is 6.07 Å². The molecule has 0 aromatic heterocycles. The quantitative estimate of drug-likeness (QED) is 0.716. The van der Waals surface area contributed by atoms with Crippen LogP contribution in [0.1, 0.15) is 26.2 Å². The topological polar surface area (TPSA) is 88.4 Å². The molecule has 18 heavy (non-hydrogen) atoms.